The summed E-state index contributed by atoms with van der Waals surface area (Å²) in [5.41, 5.74) is -0.989. The third kappa shape index (κ3) is 4.92. The van der Waals surface area contributed by atoms with E-state index < -0.39 is 41.5 Å². The van der Waals surface area contributed by atoms with Gasteiger partial charge in [-0.05, 0) is 29.8 Å². The third-order valence-electron chi connectivity index (χ3n) is 4.38. The number of carboxylic acid groups (broad SMARTS) is 1. The molecule has 1 atom stereocenters. The number of carboxylic acids is 1. The number of carbonyl (C=O) groups excluding carboxylic acids is 1. The van der Waals surface area contributed by atoms with Crippen LogP contribution in [0.3, 0.4) is 0 Å². The van der Waals surface area contributed by atoms with Crippen molar-refractivity contribution in [1.29, 1.82) is 0 Å². The van der Waals surface area contributed by atoms with Gasteiger partial charge in [0.05, 0.1) is 19.6 Å². The van der Waals surface area contributed by atoms with Crippen LogP contribution in [0.5, 0.6) is 5.75 Å². The molecule has 0 aliphatic carbocycles. The maximum absolute atomic E-state index is 14.0. The number of carbonyl (C=O) groups is 2. The van der Waals surface area contributed by atoms with E-state index in [9.17, 15) is 28.3 Å². The van der Waals surface area contributed by atoms with Crippen molar-refractivity contribution in [3.8, 4) is 11.4 Å². The molecule has 1 amide bonds. The average molecular weight is 452 g/mol. The van der Waals surface area contributed by atoms with Gasteiger partial charge in [0.1, 0.15) is 22.9 Å². The number of H-pyrrole nitrogens is 1. The zero-order chi connectivity index (χ0) is 22.7. The fourth-order valence-electron chi connectivity index (χ4n) is 2.92. The van der Waals surface area contributed by atoms with Crippen molar-refractivity contribution in [3.63, 3.8) is 0 Å². The fourth-order valence-corrected chi connectivity index (χ4v) is 3.22. The molecule has 1 aromatic heterocycles. The Morgan fingerprint density at radius 3 is 2.58 bits per heavy atom. The lowest BCUT2D eigenvalue weighted by Gasteiger charge is -2.19. The summed E-state index contributed by atoms with van der Waals surface area (Å²) in [6, 6.07) is 7.00. The van der Waals surface area contributed by atoms with E-state index >= 15 is 0 Å². The topological polar surface area (TPSA) is 113 Å². The molecule has 0 spiro atoms. The maximum Gasteiger partial charge on any atom is 0.305 e. The van der Waals surface area contributed by atoms with Gasteiger partial charge in [0.25, 0.3) is 11.5 Å². The Hall–Kier alpha value is -3.66. The smallest absolute Gasteiger partial charge is 0.305 e. The molecule has 1 heterocycles. The van der Waals surface area contributed by atoms with Crippen LogP contribution in [0, 0.1) is 11.6 Å². The molecule has 3 rings (SSSR count). The number of ether oxygens (including phenoxy) is 1. The largest absolute Gasteiger partial charge is 0.497 e. The van der Waals surface area contributed by atoms with E-state index in [4.69, 9.17) is 16.3 Å². The molecule has 3 N–H and O–H groups in total. The minimum Gasteiger partial charge on any atom is -0.497 e. The van der Waals surface area contributed by atoms with Crippen LogP contribution in [0.2, 0.25) is 5.02 Å². The quantitative estimate of drug-likeness (QED) is 0.511. The zero-order valence-electron chi connectivity index (χ0n) is 16.0. The molecule has 0 aliphatic rings. The second-order valence-electron chi connectivity index (χ2n) is 6.45. The summed E-state index contributed by atoms with van der Waals surface area (Å²) < 4.78 is 32.9. The van der Waals surface area contributed by atoms with Crippen molar-refractivity contribution < 1.29 is 28.2 Å². The molecule has 0 aliphatic heterocycles. The number of benzene rings is 2. The minimum atomic E-state index is -1.20. The lowest BCUT2D eigenvalue weighted by atomic mass is 10.0. The Bertz CT molecular complexity index is 1210. The van der Waals surface area contributed by atoms with Crippen LogP contribution in [0.15, 0.2) is 47.3 Å². The zero-order valence-corrected chi connectivity index (χ0v) is 16.7. The summed E-state index contributed by atoms with van der Waals surface area (Å²) >= 11 is 6.20. The SMILES string of the molecule is COc1ccc(C(CC(=O)O)NC(=O)c2cc(=O)n(-c3ccc(F)cc3F)[nH]2)c(Cl)c1. The molecular formula is C20H16ClF2N3O5. The number of halogens is 3. The summed E-state index contributed by atoms with van der Waals surface area (Å²) in [6.07, 6.45) is -0.491. The van der Waals surface area contributed by atoms with Gasteiger partial charge in [0.2, 0.25) is 0 Å². The molecule has 0 saturated carbocycles. The first-order valence-electron chi connectivity index (χ1n) is 8.83. The number of aromatic amines is 1. The van der Waals surface area contributed by atoms with E-state index in [1.54, 1.807) is 6.07 Å². The average Bonchev–Trinajstić information content (AvgIpc) is 3.08. The number of hydrogen-bond donors (Lipinski definition) is 3. The number of nitrogens with one attached hydrogen (secondary N) is 2. The predicted octanol–water partition coefficient (Wildman–Crippen LogP) is 3.05. The molecule has 3 aromatic rings. The van der Waals surface area contributed by atoms with Gasteiger partial charge >= 0.3 is 5.97 Å². The summed E-state index contributed by atoms with van der Waals surface area (Å²) in [4.78, 5) is 36.2. The van der Waals surface area contributed by atoms with Crippen molar-refractivity contribution in [2.75, 3.05) is 7.11 Å². The number of amides is 1. The molecular weight excluding hydrogens is 436 g/mol. The van der Waals surface area contributed by atoms with Crippen molar-refractivity contribution >= 4 is 23.5 Å². The number of methoxy groups -OCH3 is 1. The molecule has 1 unspecified atom stereocenters. The number of aliphatic carboxylic acids is 1. The first-order chi connectivity index (χ1) is 14.7. The van der Waals surface area contributed by atoms with Gasteiger partial charge in [-0.1, -0.05) is 17.7 Å². The second kappa shape index (κ2) is 9.00. The molecule has 31 heavy (non-hydrogen) atoms. The highest BCUT2D eigenvalue weighted by Crippen LogP contribution is 2.29. The van der Waals surface area contributed by atoms with Gasteiger partial charge in [-0.2, -0.15) is 0 Å². The van der Waals surface area contributed by atoms with Gasteiger partial charge in [0.15, 0.2) is 5.82 Å². The van der Waals surface area contributed by atoms with Gasteiger partial charge in [0, 0.05) is 17.2 Å². The van der Waals surface area contributed by atoms with E-state index in [1.165, 1.54) is 19.2 Å². The van der Waals surface area contributed by atoms with Gasteiger partial charge in [-0.25, -0.2) is 13.5 Å². The molecule has 0 fully saturated rings. The highest BCUT2D eigenvalue weighted by Gasteiger charge is 2.23. The Labute approximate surface area is 179 Å². The monoisotopic (exact) mass is 451 g/mol. The standard InChI is InChI=1S/C20H16ClF2N3O5/c1-31-11-3-4-12(13(21)7-11)15(9-19(28)29)24-20(30)16-8-18(27)26(25-16)17-5-2-10(22)6-14(17)23/h2-8,15,25H,9H2,1H3,(H,24,30)(H,28,29). The van der Waals surface area contributed by atoms with Gasteiger partial charge in [-0.3, -0.25) is 19.5 Å². The summed E-state index contributed by atoms with van der Waals surface area (Å²) in [5, 5.41) is 14.3. The normalized spacial score (nSPS) is 11.7. The summed E-state index contributed by atoms with van der Waals surface area (Å²) in [7, 11) is 1.44. The van der Waals surface area contributed by atoms with Crippen molar-refractivity contribution in [2.45, 2.75) is 12.5 Å². The van der Waals surface area contributed by atoms with E-state index in [0.29, 0.717) is 17.4 Å². The van der Waals surface area contributed by atoms with Crippen LogP contribution >= 0.6 is 11.6 Å². The van der Waals surface area contributed by atoms with Crippen molar-refractivity contribution in [2.24, 2.45) is 0 Å². The van der Waals surface area contributed by atoms with Crippen LogP contribution in [0.4, 0.5) is 8.78 Å². The molecule has 8 nitrogen and oxygen atoms in total. The molecule has 2 aromatic carbocycles. The van der Waals surface area contributed by atoms with Crippen LogP contribution < -0.4 is 15.6 Å². The van der Waals surface area contributed by atoms with E-state index in [-0.39, 0.29) is 16.4 Å². The summed E-state index contributed by atoms with van der Waals surface area (Å²) in [6.45, 7) is 0. The summed E-state index contributed by atoms with van der Waals surface area (Å²) in [5.74, 6) is -3.42. The number of aromatic nitrogens is 2. The Balaban J connectivity index is 1.91. The first-order valence-corrected chi connectivity index (χ1v) is 9.21. The molecule has 0 saturated heterocycles. The lowest BCUT2D eigenvalue weighted by molar-refractivity contribution is -0.137. The molecule has 0 radical (unpaired) electrons. The van der Waals surface area contributed by atoms with Crippen LogP contribution in [0.1, 0.15) is 28.5 Å². The van der Waals surface area contributed by atoms with E-state index in [1.807, 2.05) is 0 Å². The van der Waals surface area contributed by atoms with Crippen LogP contribution in [0.25, 0.3) is 5.69 Å². The van der Waals surface area contributed by atoms with Gasteiger partial charge < -0.3 is 15.2 Å². The van der Waals surface area contributed by atoms with E-state index in [0.717, 1.165) is 22.9 Å². The maximum atomic E-state index is 14.0. The molecule has 11 heteroatoms. The Morgan fingerprint density at radius 1 is 1.23 bits per heavy atom. The van der Waals surface area contributed by atoms with Crippen molar-refractivity contribution in [1.82, 2.24) is 15.1 Å². The van der Waals surface area contributed by atoms with E-state index in [2.05, 4.69) is 10.4 Å². The number of nitrogens with zero attached hydrogens (tertiary/aromatic N) is 1. The number of rotatable bonds is 7. The second-order valence-corrected chi connectivity index (χ2v) is 6.86. The number of hydrogen-bond acceptors (Lipinski definition) is 4. The first kappa shape index (κ1) is 22.0. The lowest BCUT2D eigenvalue weighted by Crippen LogP contribution is -2.30. The fraction of sp³-hybridized carbons (Fsp3) is 0.150. The third-order valence-corrected chi connectivity index (χ3v) is 4.71. The Morgan fingerprint density at radius 2 is 1.97 bits per heavy atom. The molecule has 162 valence electrons. The van der Waals surface area contributed by atoms with Gasteiger partial charge in [-0.15, -0.1) is 0 Å². The van der Waals surface area contributed by atoms with Crippen LogP contribution in [-0.2, 0) is 4.79 Å². The highest BCUT2D eigenvalue weighted by atomic mass is 35.5. The van der Waals surface area contributed by atoms with Crippen LogP contribution in [-0.4, -0.2) is 33.9 Å². The molecule has 0 bridgehead atoms. The highest BCUT2D eigenvalue weighted by molar-refractivity contribution is 6.31. The van der Waals surface area contributed by atoms with Crippen molar-refractivity contribution in [3.05, 3.63) is 80.7 Å². The predicted molar refractivity (Wildman–Crippen MR) is 107 cm³/mol. The minimum absolute atomic E-state index is 0.172. The Kier molecular flexibility index (Phi) is 6.40.